The molecule has 1 atom stereocenters. The first-order valence-electron chi connectivity index (χ1n) is 14.4. The summed E-state index contributed by atoms with van der Waals surface area (Å²) in [6, 6.07) is 26.1. The summed E-state index contributed by atoms with van der Waals surface area (Å²) in [6.45, 7) is 4.65. The van der Waals surface area contributed by atoms with Crippen LogP contribution in [0.5, 0.6) is 0 Å². The minimum Gasteiger partial charge on any atom is -0.343 e. The zero-order valence-corrected chi connectivity index (χ0v) is 22.7. The fourth-order valence-electron chi connectivity index (χ4n) is 5.49. The van der Waals surface area contributed by atoms with E-state index in [0.717, 1.165) is 18.4 Å². The Labute approximate surface area is 223 Å². The fraction of sp³-hybridized carbons (Fsp3) is 0.429. The van der Waals surface area contributed by atoms with Crippen LogP contribution in [0.25, 0.3) is 22.3 Å². The van der Waals surface area contributed by atoms with E-state index in [0.29, 0.717) is 24.9 Å². The number of hydrogen-bond acceptors (Lipinski definition) is 1. The van der Waals surface area contributed by atoms with Gasteiger partial charge in [0, 0.05) is 6.42 Å². The van der Waals surface area contributed by atoms with Crippen LogP contribution >= 0.6 is 0 Å². The molecular formula is C35H43FO. The van der Waals surface area contributed by atoms with Gasteiger partial charge in [-0.15, -0.1) is 0 Å². The van der Waals surface area contributed by atoms with E-state index in [9.17, 15) is 4.39 Å². The predicted molar refractivity (Wildman–Crippen MR) is 155 cm³/mol. The third-order valence-corrected chi connectivity index (χ3v) is 7.71. The van der Waals surface area contributed by atoms with Gasteiger partial charge in [0.1, 0.15) is 0 Å². The number of ether oxygens (including phenoxy) is 1. The van der Waals surface area contributed by atoms with Crippen molar-refractivity contribution in [1.29, 1.82) is 0 Å². The lowest BCUT2D eigenvalue weighted by molar-refractivity contribution is -0.0545. The van der Waals surface area contributed by atoms with Gasteiger partial charge in [0.05, 0.1) is 6.61 Å². The molecule has 0 heterocycles. The molecule has 0 amide bonds. The van der Waals surface area contributed by atoms with E-state index in [2.05, 4.69) is 98.8 Å². The predicted octanol–water partition coefficient (Wildman–Crippen LogP) is 10.7. The van der Waals surface area contributed by atoms with Crippen LogP contribution in [0.2, 0.25) is 0 Å². The summed E-state index contributed by atoms with van der Waals surface area (Å²) < 4.78 is 19.8. The number of rotatable bonds is 12. The van der Waals surface area contributed by atoms with Crippen LogP contribution < -0.4 is 0 Å². The highest BCUT2D eigenvalue weighted by Crippen LogP contribution is 2.41. The van der Waals surface area contributed by atoms with Crippen LogP contribution in [0.1, 0.15) is 88.7 Å². The molecule has 196 valence electrons. The average molecular weight is 499 g/mol. The van der Waals surface area contributed by atoms with Gasteiger partial charge in [0.15, 0.2) is 6.36 Å². The lowest BCUT2D eigenvalue weighted by atomic mass is 9.76. The summed E-state index contributed by atoms with van der Waals surface area (Å²) in [4.78, 5) is 0. The van der Waals surface area contributed by atoms with Gasteiger partial charge in [-0.1, -0.05) is 112 Å². The Balaban J connectivity index is 1.55. The van der Waals surface area contributed by atoms with E-state index in [1.54, 1.807) is 0 Å². The van der Waals surface area contributed by atoms with Crippen molar-refractivity contribution >= 4 is 0 Å². The molecule has 1 aliphatic rings. The Hall–Kier alpha value is -2.71. The maximum absolute atomic E-state index is 14.2. The molecule has 0 N–H and O–H groups in total. The zero-order chi connectivity index (χ0) is 25.9. The van der Waals surface area contributed by atoms with Crippen LogP contribution in [-0.2, 0) is 11.3 Å². The Morgan fingerprint density at radius 1 is 0.838 bits per heavy atom. The highest BCUT2D eigenvalue weighted by Gasteiger charge is 2.24. The maximum Gasteiger partial charge on any atom is 0.199 e. The minimum absolute atomic E-state index is 0.334. The minimum atomic E-state index is -1.18. The molecule has 2 heteroatoms. The Kier molecular flexibility index (Phi) is 10.6. The van der Waals surface area contributed by atoms with Crippen molar-refractivity contribution in [3.8, 4) is 22.3 Å². The van der Waals surface area contributed by atoms with E-state index < -0.39 is 6.36 Å². The molecule has 37 heavy (non-hydrogen) atoms. The van der Waals surface area contributed by atoms with E-state index in [4.69, 9.17) is 4.74 Å². The third-order valence-electron chi connectivity index (χ3n) is 7.71. The van der Waals surface area contributed by atoms with E-state index in [1.165, 1.54) is 66.3 Å². The van der Waals surface area contributed by atoms with Gasteiger partial charge in [-0.05, 0) is 83.7 Å². The van der Waals surface area contributed by atoms with Gasteiger partial charge in [0.2, 0.25) is 0 Å². The molecule has 3 aromatic carbocycles. The van der Waals surface area contributed by atoms with Gasteiger partial charge in [-0.2, -0.15) is 0 Å². The fourth-order valence-corrected chi connectivity index (χ4v) is 5.49. The smallest absolute Gasteiger partial charge is 0.199 e. The van der Waals surface area contributed by atoms with E-state index >= 15 is 0 Å². The quantitative estimate of drug-likeness (QED) is 0.226. The second-order valence-corrected chi connectivity index (χ2v) is 10.6. The Bertz CT molecular complexity index is 1090. The van der Waals surface area contributed by atoms with Crippen LogP contribution in [0.3, 0.4) is 0 Å². The van der Waals surface area contributed by atoms with Gasteiger partial charge >= 0.3 is 0 Å². The molecule has 1 fully saturated rings. The lowest BCUT2D eigenvalue weighted by Gasteiger charge is -2.29. The Morgan fingerprint density at radius 2 is 1.54 bits per heavy atom. The molecule has 0 aromatic heterocycles. The molecule has 0 bridgehead atoms. The number of unbranched alkanes of at least 4 members (excludes halogenated alkanes) is 2. The van der Waals surface area contributed by atoms with Crippen molar-refractivity contribution < 1.29 is 9.13 Å². The summed E-state index contributed by atoms with van der Waals surface area (Å²) in [5, 5.41) is 0. The molecule has 1 unspecified atom stereocenters. The first-order chi connectivity index (χ1) is 18.2. The lowest BCUT2D eigenvalue weighted by Crippen LogP contribution is -2.13. The maximum atomic E-state index is 14.2. The molecule has 0 spiro atoms. The molecule has 0 aliphatic heterocycles. The van der Waals surface area contributed by atoms with Gasteiger partial charge in [-0.3, -0.25) is 0 Å². The summed E-state index contributed by atoms with van der Waals surface area (Å²) in [6.07, 6.45) is 13.2. The van der Waals surface area contributed by atoms with E-state index in [-0.39, 0.29) is 0 Å². The van der Waals surface area contributed by atoms with Crippen LogP contribution in [0.4, 0.5) is 4.39 Å². The van der Waals surface area contributed by atoms with Gasteiger partial charge in [0.25, 0.3) is 0 Å². The number of alkyl halides is 1. The van der Waals surface area contributed by atoms with E-state index in [1.807, 2.05) is 0 Å². The molecule has 1 nitrogen and oxygen atoms in total. The van der Waals surface area contributed by atoms with Crippen molar-refractivity contribution in [3.63, 3.8) is 0 Å². The number of benzene rings is 3. The van der Waals surface area contributed by atoms with Gasteiger partial charge < -0.3 is 4.74 Å². The molecule has 0 saturated heterocycles. The summed E-state index contributed by atoms with van der Waals surface area (Å²) in [5.41, 5.74) is 7.49. The molecule has 4 rings (SSSR count). The molecule has 1 aliphatic carbocycles. The normalized spacial score (nSPS) is 18.8. The number of allylic oxidation sites excluding steroid dienone is 2. The second kappa shape index (κ2) is 14.3. The van der Waals surface area contributed by atoms with Crippen LogP contribution in [-0.4, -0.2) is 6.36 Å². The van der Waals surface area contributed by atoms with Crippen molar-refractivity contribution in [2.24, 2.45) is 5.92 Å². The topological polar surface area (TPSA) is 9.23 Å². The molecule has 0 radical (unpaired) electrons. The second-order valence-electron chi connectivity index (χ2n) is 10.6. The standard InChI is InChI=1S/C35H43FO/c1-3-5-8-11-27-15-18-32(19-16-27)34-25-28(26-37-35(36)14-6-4-2)17-24-33(34)31-22-20-30(21-23-31)29-12-9-7-10-13-29/h7-13,17,20-25,27,32,35H,3-6,14-16,18-19,26H2,1-2H3/b11-8+. The van der Waals surface area contributed by atoms with Crippen LogP contribution in [0.15, 0.2) is 84.9 Å². The number of hydrogen-bond donors (Lipinski definition) is 0. The molecule has 3 aromatic rings. The zero-order valence-electron chi connectivity index (χ0n) is 22.7. The number of halogens is 1. The molecular weight excluding hydrogens is 455 g/mol. The highest BCUT2D eigenvalue weighted by atomic mass is 19.1. The van der Waals surface area contributed by atoms with Gasteiger partial charge in [-0.25, -0.2) is 4.39 Å². The average Bonchev–Trinajstić information content (AvgIpc) is 2.96. The van der Waals surface area contributed by atoms with Crippen molar-refractivity contribution in [1.82, 2.24) is 0 Å². The van der Waals surface area contributed by atoms with Crippen molar-refractivity contribution in [2.45, 2.75) is 90.5 Å². The first kappa shape index (κ1) is 27.3. The Morgan fingerprint density at radius 3 is 2.24 bits per heavy atom. The monoisotopic (exact) mass is 498 g/mol. The first-order valence-corrected chi connectivity index (χ1v) is 14.4. The SMILES string of the molecule is CCC/C=C/C1CCC(c2cc(COC(F)CCCC)ccc2-c2ccc(-c3ccccc3)cc2)CC1. The van der Waals surface area contributed by atoms with Crippen molar-refractivity contribution in [2.75, 3.05) is 0 Å². The summed E-state index contributed by atoms with van der Waals surface area (Å²) in [5.74, 6) is 1.23. The summed E-state index contributed by atoms with van der Waals surface area (Å²) >= 11 is 0. The molecule has 1 saturated carbocycles. The van der Waals surface area contributed by atoms with Crippen LogP contribution in [0, 0.1) is 5.92 Å². The highest BCUT2D eigenvalue weighted by molar-refractivity contribution is 5.73. The third kappa shape index (κ3) is 7.89. The van der Waals surface area contributed by atoms with Crippen molar-refractivity contribution in [3.05, 3.63) is 96.1 Å². The largest absolute Gasteiger partial charge is 0.343 e. The summed E-state index contributed by atoms with van der Waals surface area (Å²) in [7, 11) is 0.